The fourth-order valence-corrected chi connectivity index (χ4v) is 2.71. The molecule has 1 N–H and O–H groups in total. The molecule has 3 aromatic rings. The lowest BCUT2D eigenvalue weighted by atomic mass is 10.1. The second-order valence-corrected chi connectivity index (χ2v) is 6.02. The van der Waals surface area contributed by atoms with Gasteiger partial charge in [-0.05, 0) is 35.9 Å². The molecule has 5 nitrogen and oxygen atoms in total. The van der Waals surface area contributed by atoms with Gasteiger partial charge in [-0.3, -0.25) is 4.79 Å². The normalized spacial score (nSPS) is 11.8. The molecule has 0 bridgehead atoms. The predicted molar refractivity (Wildman–Crippen MR) is 97.0 cm³/mol. The number of aromatic nitrogens is 2. The van der Waals surface area contributed by atoms with Crippen LogP contribution in [0.4, 0.5) is 0 Å². The number of nitrogens with one attached hydrogen (secondary N) is 1. The van der Waals surface area contributed by atoms with Crippen molar-refractivity contribution in [3.05, 3.63) is 82.9 Å². The van der Waals surface area contributed by atoms with Crippen molar-refractivity contribution in [1.29, 1.82) is 0 Å². The number of hydrogen-bond donors (Lipinski definition) is 1. The van der Waals surface area contributed by atoms with E-state index in [1.807, 2.05) is 29.9 Å². The van der Waals surface area contributed by atoms with Crippen molar-refractivity contribution in [1.82, 2.24) is 14.9 Å². The number of carbonyl (C=O) groups is 1. The molecule has 0 saturated heterocycles. The Morgan fingerprint density at radius 2 is 2.00 bits per heavy atom. The van der Waals surface area contributed by atoms with Crippen LogP contribution >= 0.6 is 11.6 Å². The zero-order valence-electron chi connectivity index (χ0n) is 13.9. The Hall–Kier alpha value is -2.79. The molecule has 25 heavy (non-hydrogen) atoms. The number of nitrogens with zero attached hydrogens (tertiary/aromatic N) is 2. The summed E-state index contributed by atoms with van der Waals surface area (Å²) >= 11 is 5.99. The highest BCUT2D eigenvalue weighted by Gasteiger charge is 2.21. The van der Waals surface area contributed by atoms with E-state index in [1.54, 1.807) is 49.7 Å². The Morgan fingerprint density at radius 1 is 1.24 bits per heavy atom. The van der Waals surface area contributed by atoms with Crippen LogP contribution < -0.4 is 10.1 Å². The first-order chi connectivity index (χ1) is 12.1. The highest BCUT2D eigenvalue weighted by Crippen LogP contribution is 2.23. The summed E-state index contributed by atoms with van der Waals surface area (Å²) in [7, 11) is 3.46. The second kappa shape index (κ2) is 7.40. The molecule has 1 amide bonds. The summed E-state index contributed by atoms with van der Waals surface area (Å²) in [5.41, 5.74) is 1.42. The van der Waals surface area contributed by atoms with Crippen molar-refractivity contribution in [3.8, 4) is 5.75 Å². The van der Waals surface area contributed by atoms with E-state index >= 15 is 0 Å². The van der Waals surface area contributed by atoms with E-state index in [9.17, 15) is 4.79 Å². The van der Waals surface area contributed by atoms with Crippen LogP contribution in [-0.2, 0) is 7.05 Å². The van der Waals surface area contributed by atoms with Crippen LogP contribution in [0.1, 0.15) is 27.8 Å². The summed E-state index contributed by atoms with van der Waals surface area (Å²) in [5, 5.41) is 3.68. The standard InChI is InChI=1S/C19H18ClN3O2/c1-23-11-10-21-18(23)17(13-6-8-15(20)9-7-13)22-19(24)14-4-3-5-16(12-14)25-2/h3-12,17H,1-2H3,(H,22,24). The van der Waals surface area contributed by atoms with Gasteiger partial charge < -0.3 is 14.6 Å². The third kappa shape index (κ3) is 3.83. The van der Waals surface area contributed by atoms with Crippen molar-refractivity contribution in [2.45, 2.75) is 6.04 Å². The number of ether oxygens (including phenoxy) is 1. The lowest BCUT2D eigenvalue weighted by molar-refractivity contribution is 0.0941. The first-order valence-electron chi connectivity index (χ1n) is 7.76. The van der Waals surface area contributed by atoms with Crippen LogP contribution in [0, 0.1) is 0 Å². The fourth-order valence-electron chi connectivity index (χ4n) is 2.59. The lowest BCUT2D eigenvalue weighted by Gasteiger charge is -2.19. The topological polar surface area (TPSA) is 56.1 Å². The number of methoxy groups -OCH3 is 1. The quantitative estimate of drug-likeness (QED) is 0.760. The van der Waals surface area contributed by atoms with Gasteiger partial charge in [-0.1, -0.05) is 29.8 Å². The Kier molecular flexibility index (Phi) is 5.05. The van der Waals surface area contributed by atoms with Gasteiger partial charge in [-0.15, -0.1) is 0 Å². The smallest absolute Gasteiger partial charge is 0.252 e. The molecular weight excluding hydrogens is 338 g/mol. The van der Waals surface area contributed by atoms with Gasteiger partial charge in [0, 0.05) is 30.0 Å². The number of aryl methyl sites for hydroxylation is 1. The van der Waals surface area contributed by atoms with Crippen molar-refractivity contribution in [3.63, 3.8) is 0 Å². The molecule has 1 atom stereocenters. The number of amides is 1. The predicted octanol–water partition coefficient (Wildman–Crippen LogP) is 3.60. The molecule has 1 heterocycles. The molecule has 6 heteroatoms. The number of rotatable bonds is 5. The molecular formula is C19H18ClN3O2. The Morgan fingerprint density at radius 3 is 2.64 bits per heavy atom. The van der Waals surface area contributed by atoms with Gasteiger partial charge in [-0.2, -0.15) is 0 Å². The number of carbonyl (C=O) groups excluding carboxylic acids is 1. The van der Waals surface area contributed by atoms with E-state index in [4.69, 9.17) is 16.3 Å². The summed E-state index contributed by atoms with van der Waals surface area (Å²) in [6.45, 7) is 0. The molecule has 0 spiro atoms. The summed E-state index contributed by atoms with van der Waals surface area (Å²) in [6.07, 6.45) is 3.55. The van der Waals surface area contributed by atoms with E-state index in [0.717, 1.165) is 11.4 Å². The zero-order valence-corrected chi connectivity index (χ0v) is 14.7. The minimum atomic E-state index is -0.393. The molecule has 1 aromatic heterocycles. The van der Waals surface area contributed by atoms with E-state index in [2.05, 4.69) is 10.3 Å². The summed E-state index contributed by atoms with van der Waals surface area (Å²) in [5.74, 6) is 1.16. The van der Waals surface area contributed by atoms with Crippen molar-refractivity contribution in [2.75, 3.05) is 7.11 Å². The van der Waals surface area contributed by atoms with E-state index in [0.29, 0.717) is 16.3 Å². The van der Waals surface area contributed by atoms with Crippen LogP contribution in [0.15, 0.2) is 60.9 Å². The molecule has 0 saturated carbocycles. The lowest BCUT2D eigenvalue weighted by Crippen LogP contribution is -2.31. The highest BCUT2D eigenvalue weighted by atomic mass is 35.5. The average molecular weight is 356 g/mol. The van der Waals surface area contributed by atoms with Crippen molar-refractivity contribution >= 4 is 17.5 Å². The fraction of sp³-hybridized carbons (Fsp3) is 0.158. The van der Waals surface area contributed by atoms with E-state index in [-0.39, 0.29) is 5.91 Å². The largest absolute Gasteiger partial charge is 0.497 e. The van der Waals surface area contributed by atoms with Gasteiger partial charge in [0.05, 0.1) is 7.11 Å². The molecule has 1 unspecified atom stereocenters. The Labute approximate surface area is 151 Å². The van der Waals surface area contributed by atoms with Gasteiger partial charge in [0.15, 0.2) is 0 Å². The minimum Gasteiger partial charge on any atom is -0.497 e. The molecule has 128 valence electrons. The van der Waals surface area contributed by atoms with Gasteiger partial charge in [0.1, 0.15) is 17.6 Å². The summed E-state index contributed by atoms with van der Waals surface area (Å²) in [6, 6.07) is 14.0. The van der Waals surface area contributed by atoms with Crippen LogP contribution in [0.2, 0.25) is 5.02 Å². The number of benzene rings is 2. The number of imidazole rings is 1. The highest BCUT2D eigenvalue weighted by molar-refractivity contribution is 6.30. The third-order valence-corrected chi connectivity index (χ3v) is 4.18. The summed E-state index contributed by atoms with van der Waals surface area (Å²) in [4.78, 5) is 17.1. The maximum absolute atomic E-state index is 12.7. The van der Waals surface area contributed by atoms with Gasteiger partial charge in [-0.25, -0.2) is 4.98 Å². The third-order valence-electron chi connectivity index (χ3n) is 3.93. The molecule has 0 radical (unpaired) electrons. The van der Waals surface area contributed by atoms with Gasteiger partial charge >= 0.3 is 0 Å². The second-order valence-electron chi connectivity index (χ2n) is 5.59. The van der Waals surface area contributed by atoms with E-state index < -0.39 is 6.04 Å². The SMILES string of the molecule is COc1cccc(C(=O)NC(c2ccc(Cl)cc2)c2nccn2C)c1. The van der Waals surface area contributed by atoms with Crippen LogP contribution in [0.3, 0.4) is 0 Å². The Balaban J connectivity index is 1.93. The molecule has 0 aliphatic carbocycles. The van der Waals surface area contributed by atoms with Gasteiger partial charge in [0.25, 0.3) is 5.91 Å². The van der Waals surface area contributed by atoms with Crippen LogP contribution in [0.5, 0.6) is 5.75 Å². The maximum Gasteiger partial charge on any atom is 0.252 e. The first kappa shape index (κ1) is 17.0. The zero-order chi connectivity index (χ0) is 17.8. The maximum atomic E-state index is 12.7. The number of halogens is 1. The molecule has 2 aromatic carbocycles. The Bertz CT molecular complexity index is 874. The monoisotopic (exact) mass is 355 g/mol. The molecule has 0 aliphatic heterocycles. The van der Waals surface area contributed by atoms with Crippen molar-refractivity contribution < 1.29 is 9.53 Å². The summed E-state index contributed by atoms with van der Waals surface area (Å²) < 4.78 is 7.07. The van der Waals surface area contributed by atoms with Crippen molar-refractivity contribution in [2.24, 2.45) is 7.05 Å². The number of hydrogen-bond acceptors (Lipinski definition) is 3. The van der Waals surface area contributed by atoms with Gasteiger partial charge in [0.2, 0.25) is 0 Å². The first-order valence-corrected chi connectivity index (χ1v) is 8.14. The minimum absolute atomic E-state index is 0.207. The van der Waals surface area contributed by atoms with Crippen LogP contribution in [0.25, 0.3) is 0 Å². The van der Waals surface area contributed by atoms with Crippen LogP contribution in [-0.4, -0.2) is 22.6 Å². The molecule has 3 rings (SSSR count). The van der Waals surface area contributed by atoms with E-state index in [1.165, 1.54) is 0 Å². The molecule has 0 fully saturated rings. The molecule has 0 aliphatic rings. The average Bonchev–Trinajstić information content (AvgIpc) is 3.06.